The van der Waals surface area contributed by atoms with E-state index in [1.54, 1.807) is 12.1 Å². The second kappa shape index (κ2) is 7.46. The molecule has 0 aliphatic rings. The summed E-state index contributed by atoms with van der Waals surface area (Å²) >= 11 is 0. The van der Waals surface area contributed by atoms with Gasteiger partial charge in [-0.15, -0.1) is 0 Å². The largest absolute Gasteiger partial charge is 0.478 e. The molecular formula is C19H21NO2. The Labute approximate surface area is 131 Å². The minimum Gasteiger partial charge on any atom is -0.478 e. The zero-order valence-corrected chi connectivity index (χ0v) is 13.0. The molecule has 0 spiro atoms. The van der Waals surface area contributed by atoms with Crippen LogP contribution in [0.3, 0.4) is 0 Å². The fourth-order valence-electron chi connectivity index (χ4n) is 2.27. The van der Waals surface area contributed by atoms with E-state index < -0.39 is 5.97 Å². The van der Waals surface area contributed by atoms with Gasteiger partial charge in [0.25, 0.3) is 0 Å². The number of carbonyl (C=O) groups is 1. The molecule has 114 valence electrons. The van der Waals surface area contributed by atoms with Crippen LogP contribution in [0.4, 0.5) is 0 Å². The maximum atomic E-state index is 10.9. The van der Waals surface area contributed by atoms with Gasteiger partial charge in [-0.05, 0) is 42.7 Å². The van der Waals surface area contributed by atoms with Gasteiger partial charge in [0.15, 0.2) is 0 Å². The van der Waals surface area contributed by atoms with Crippen LogP contribution in [0.25, 0.3) is 11.1 Å². The van der Waals surface area contributed by atoms with Crippen LogP contribution in [-0.2, 0) is 6.54 Å². The standard InChI is InChI=1S/C19H21NO2/c1-3-15(4-2)6-5-12-20-13-11-18(14-20)16-7-9-17(10-8-16)19(21)22/h3,5-11,13-14H,4,12H2,1-2H3,(H,21,22)/b6-5-,15-3-. The average molecular weight is 295 g/mol. The number of aromatic nitrogens is 1. The highest BCUT2D eigenvalue weighted by molar-refractivity contribution is 5.88. The third-order valence-corrected chi connectivity index (χ3v) is 3.64. The Kier molecular flexibility index (Phi) is 5.37. The van der Waals surface area contributed by atoms with Crippen molar-refractivity contribution in [1.29, 1.82) is 0 Å². The van der Waals surface area contributed by atoms with Crippen LogP contribution in [-0.4, -0.2) is 15.6 Å². The van der Waals surface area contributed by atoms with E-state index in [0.717, 1.165) is 24.1 Å². The van der Waals surface area contributed by atoms with Gasteiger partial charge in [-0.3, -0.25) is 0 Å². The Morgan fingerprint density at radius 1 is 1.18 bits per heavy atom. The van der Waals surface area contributed by atoms with E-state index >= 15 is 0 Å². The molecule has 1 heterocycles. The molecular weight excluding hydrogens is 274 g/mol. The summed E-state index contributed by atoms with van der Waals surface area (Å²) in [6.07, 6.45) is 11.6. The van der Waals surface area contributed by atoms with Gasteiger partial charge in [-0.25, -0.2) is 4.79 Å². The van der Waals surface area contributed by atoms with Crippen molar-refractivity contribution in [2.24, 2.45) is 0 Å². The Bertz CT molecular complexity index is 690. The second-order valence-electron chi connectivity index (χ2n) is 5.10. The number of benzene rings is 1. The molecule has 3 heteroatoms. The highest BCUT2D eigenvalue weighted by Crippen LogP contribution is 2.20. The molecule has 1 aromatic carbocycles. The summed E-state index contributed by atoms with van der Waals surface area (Å²) in [6, 6.07) is 8.99. The Hall–Kier alpha value is -2.55. The quantitative estimate of drug-likeness (QED) is 0.780. The molecule has 1 N–H and O–H groups in total. The predicted molar refractivity (Wildman–Crippen MR) is 90.0 cm³/mol. The number of carboxylic acid groups (broad SMARTS) is 1. The van der Waals surface area contributed by atoms with Crippen LogP contribution in [0.5, 0.6) is 0 Å². The van der Waals surface area contributed by atoms with Crippen LogP contribution in [0.15, 0.2) is 66.5 Å². The number of allylic oxidation sites excluding steroid dienone is 4. The molecule has 22 heavy (non-hydrogen) atoms. The molecule has 3 nitrogen and oxygen atoms in total. The molecule has 0 fully saturated rings. The molecule has 2 rings (SSSR count). The number of nitrogens with zero attached hydrogens (tertiary/aromatic N) is 1. The average Bonchev–Trinajstić information content (AvgIpc) is 3.00. The number of hydrogen-bond acceptors (Lipinski definition) is 1. The summed E-state index contributed by atoms with van der Waals surface area (Å²) in [5.74, 6) is -0.898. The van der Waals surface area contributed by atoms with Crippen molar-refractivity contribution in [3.8, 4) is 11.1 Å². The topological polar surface area (TPSA) is 42.2 Å². The third-order valence-electron chi connectivity index (χ3n) is 3.64. The maximum Gasteiger partial charge on any atom is 0.335 e. The first-order chi connectivity index (χ1) is 10.6. The first-order valence-electron chi connectivity index (χ1n) is 7.45. The van der Waals surface area contributed by atoms with Gasteiger partial charge in [-0.2, -0.15) is 0 Å². The predicted octanol–water partition coefficient (Wildman–Crippen LogP) is 4.77. The maximum absolute atomic E-state index is 10.9. The number of hydrogen-bond donors (Lipinski definition) is 1. The van der Waals surface area contributed by atoms with Gasteiger partial charge in [0, 0.05) is 18.9 Å². The Balaban J connectivity index is 2.06. The van der Waals surface area contributed by atoms with Crippen molar-refractivity contribution in [1.82, 2.24) is 4.57 Å². The highest BCUT2D eigenvalue weighted by Gasteiger charge is 2.04. The summed E-state index contributed by atoms with van der Waals surface area (Å²) in [6.45, 7) is 5.02. The Morgan fingerprint density at radius 2 is 1.91 bits per heavy atom. The lowest BCUT2D eigenvalue weighted by Crippen LogP contribution is -1.94. The first kappa shape index (κ1) is 15.8. The molecule has 1 aromatic heterocycles. The van der Waals surface area contributed by atoms with Crippen LogP contribution in [0.1, 0.15) is 30.6 Å². The summed E-state index contributed by atoms with van der Waals surface area (Å²) in [4.78, 5) is 10.9. The van der Waals surface area contributed by atoms with E-state index in [0.29, 0.717) is 5.56 Å². The van der Waals surface area contributed by atoms with Crippen LogP contribution < -0.4 is 0 Å². The lowest BCUT2D eigenvalue weighted by molar-refractivity contribution is 0.0697. The molecule has 0 unspecified atom stereocenters. The van der Waals surface area contributed by atoms with Gasteiger partial charge in [0.2, 0.25) is 0 Å². The minimum absolute atomic E-state index is 0.310. The van der Waals surface area contributed by atoms with Gasteiger partial charge in [0.1, 0.15) is 0 Å². The zero-order chi connectivity index (χ0) is 15.9. The number of carboxylic acids is 1. The van der Waals surface area contributed by atoms with Crippen molar-refractivity contribution >= 4 is 5.97 Å². The van der Waals surface area contributed by atoms with Gasteiger partial charge >= 0.3 is 5.97 Å². The summed E-state index contributed by atoms with van der Waals surface area (Å²) in [7, 11) is 0. The molecule has 0 amide bonds. The van der Waals surface area contributed by atoms with Crippen LogP contribution in [0.2, 0.25) is 0 Å². The van der Waals surface area contributed by atoms with Gasteiger partial charge in [-0.1, -0.05) is 42.9 Å². The molecule has 0 aliphatic heterocycles. The fourth-order valence-corrected chi connectivity index (χ4v) is 2.27. The zero-order valence-electron chi connectivity index (χ0n) is 13.0. The van der Waals surface area contributed by atoms with Crippen molar-refractivity contribution in [3.05, 3.63) is 72.1 Å². The van der Waals surface area contributed by atoms with Crippen LogP contribution in [0, 0.1) is 0 Å². The lowest BCUT2D eigenvalue weighted by Gasteiger charge is -2.00. The smallest absolute Gasteiger partial charge is 0.335 e. The highest BCUT2D eigenvalue weighted by atomic mass is 16.4. The molecule has 0 bridgehead atoms. The van der Waals surface area contributed by atoms with E-state index in [9.17, 15) is 4.79 Å². The van der Waals surface area contributed by atoms with Crippen molar-refractivity contribution in [2.45, 2.75) is 26.8 Å². The van der Waals surface area contributed by atoms with E-state index in [2.05, 4.69) is 42.8 Å². The normalized spacial score (nSPS) is 12.0. The van der Waals surface area contributed by atoms with Crippen LogP contribution >= 0.6 is 0 Å². The second-order valence-corrected chi connectivity index (χ2v) is 5.10. The van der Waals surface area contributed by atoms with Gasteiger partial charge < -0.3 is 9.67 Å². The SMILES string of the molecule is C/C=C(\C=C/Cn1ccc(-c2ccc(C(=O)O)cc2)c1)CC. The van der Waals surface area contributed by atoms with E-state index in [-0.39, 0.29) is 0 Å². The number of rotatable bonds is 6. The van der Waals surface area contributed by atoms with E-state index in [1.165, 1.54) is 5.57 Å². The van der Waals surface area contributed by atoms with E-state index in [4.69, 9.17) is 5.11 Å². The van der Waals surface area contributed by atoms with Crippen molar-refractivity contribution in [2.75, 3.05) is 0 Å². The molecule has 0 radical (unpaired) electrons. The molecule has 0 atom stereocenters. The summed E-state index contributed by atoms with van der Waals surface area (Å²) in [5.41, 5.74) is 3.75. The van der Waals surface area contributed by atoms with Gasteiger partial charge in [0.05, 0.1) is 5.56 Å². The molecule has 0 aliphatic carbocycles. The molecule has 0 saturated heterocycles. The molecule has 2 aromatic rings. The Morgan fingerprint density at radius 3 is 2.50 bits per heavy atom. The summed E-state index contributed by atoms with van der Waals surface area (Å²) < 4.78 is 2.11. The summed E-state index contributed by atoms with van der Waals surface area (Å²) in [5, 5.41) is 8.92. The first-order valence-corrected chi connectivity index (χ1v) is 7.45. The fraction of sp³-hybridized carbons (Fsp3) is 0.211. The van der Waals surface area contributed by atoms with Crippen molar-refractivity contribution < 1.29 is 9.90 Å². The van der Waals surface area contributed by atoms with E-state index in [1.807, 2.05) is 24.4 Å². The molecule has 0 saturated carbocycles. The number of aromatic carboxylic acids is 1. The lowest BCUT2D eigenvalue weighted by atomic mass is 10.1. The third kappa shape index (κ3) is 3.98. The monoisotopic (exact) mass is 295 g/mol. The minimum atomic E-state index is -0.898. The van der Waals surface area contributed by atoms with Crippen molar-refractivity contribution in [3.63, 3.8) is 0 Å².